The van der Waals surface area contributed by atoms with Gasteiger partial charge < -0.3 is 4.29 Å². The molecule has 0 radical (unpaired) electrons. The molecule has 0 atom stereocenters. The summed E-state index contributed by atoms with van der Waals surface area (Å²) in [5, 5.41) is 0. The average molecular weight is 149 g/mol. The fourth-order valence-electron chi connectivity index (χ4n) is 0.271. The van der Waals surface area contributed by atoms with Gasteiger partial charge in [-0.15, -0.1) is 0 Å². The molecule has 0 rings (SSSR count). The van der Waals surface area contributed by atoms with E-state index in [0.717, 1.165) is 12.3 Å². The zero-order valence-electron chi connectivity index (χ0n) is 4.90. The van der Waals surface area contributed by atoms with E-state index in [1.165, 1.54) is 6.08 Å². The Hall–Kier alpha value is -0.720. The topological polar surface area (TPSA) is 9.23 Å². The van der Waals surface area contributed by atoms with Gasteiger partial charge >= 0.3 is 0 Å². The molecule has 0 spiro atoms. The van der Waals surface area contributed by atoms with Crippen LogP contribution in [0.2, 0.25) is 0 Å². The Balaban J connectivity index is 3.91. The monoisotopic (exact) mass is 148 g/mol. The molecule has 0 aromatic rings. The Labute approximate surface area is 58.2 Å². The highest BCUT2D eigenvalue weighted by atomic mass is 35.5. The summed E-state index contributed by atoms with van der Waals surface area (Å²) >= 11 is 4.74. The molecule has 1 nitrogen and oxygen atoms in total. The third kappa shape index (κ3) is 5.15. The van der Waals surface area contributed by atoms with Crippen LogP contribution in [0.15, 0.2) is 30.0 Å². The minimum absolute atomic E-state index is 0.516. The van der Waals surface area contributed by atoms with E-state index < -0.39 is 5.83 Å². The zero-order chi connectivity index (χ0) is 7.11. The maximum absolute atomic E-state index is 12.1. The van der Waals surface area contributed by atoms with Gasteiger partial charge in [0.2, 0.25) is 0 Å². The summed E-state index contributed by atoms with van der Waals surface area (Å²) in [5.74, 6) is -0.516. The molecule has 0 amide bonds. The maximum atomic E-state index is 12.1. The van der Waals surface area contributed by atoms with Gasteiger partial charge in [-0.3, -0.25) is 0 Å². The fraction of sp³-hybridized carbons (Fsp3) is 0.167. The van der Waals surface area contributed by atoms with Crippen LogP contribution in [-0.2, 0) is 4.29 Å². The molecule has 0 fully saturated rings. The normalized spacial score (nSPS) is 8.78. The van der Waals surface area contributed by atoms with Crippen LogP contribution in [0.3, 0.4) is 0 Å². The van der Waals surface area contributed by atoms with Crippen molar-refractivity contribution in [2.45, 2.75) is 6.92 Å². The van der Waals surface area contributed by atoms with Crippen molar-refractivity contribution in [3.63, 3.8) is 0 Å². The lowest BCUT2D eigenvalue weighted by Crippen LogP contribution is -1.59. The van der Waals surface area contributed by atoms with E-state index in [9.17, 15) is 4.39 Å². The van der Waals surface area contributed by atoms with Crippen LogP contribution in [0.25, 0.3) is 0 Å². The number of hydrogen-bond donors (Lipinski definition) is 0. The molecule has 0 aromatic heterocycles. The predicted molar refractivity (Wildman–Crippen MR) is 34.5 cm³/mol. The lowest BCUT2D eigenvalue weighted by molar-refractivity contribution is 0.532. The second kappa shape index (κ2) is 5.42. The molecule has 0 aliphatic heterocycles. The average Bonchev–Trinajstić information content (AvgIpc) is 1.85. The third-order valence-electron chi connectivity index (χ3n) is 0.548. The van der Waals surface area contributed by atoms with Crippen LogP contribution in [0, 0.1) is 0 Å². The van der Waals surface area contributed by atoms with Crippen molar-refractivity contribution in [3.05, 3.63) is 30.0 Å². The third-order valence-corrected chi connectivity index (χ3v) is 0.651. The van der Waals surface area contributed by atoms with Crippen LogP contribution >= 0.6 is 11.9 Å². The van der Waals surface area contributed by atoms with Gasteiger partial charge in [-0.2, -0.15) is 4.39 Å². The number of rotatable bonds is 2. The number of hydrogen-bond acceptors (Lipinski definition) is 1. The first-order valence-corrected chi connectivity index (χ1v) is 2.63. The van der Waals surface area contributed by atoms with Crippen molar-refractivity contribution < 1.29 is 8.68 Å². The van der Waals surface area contributed by atoms with E-state index in [4.69, 9.17) is 11.9 Å². The van der Waals surface area contributed by atoms with Crippen LogP contribution in [0.1, 0.15) is 6.92 Å². The van der Waals surface area contributed by atoms with Crippen LogP contribution < -0.4 is 0 Å². The summed E-state index contributed by atoms with van der Waals surface area (Å²) in [6, 6.07) is 0. The molecular weight excluding hydrogens is 143 g/mol. The first-order valence-electron chi connectivity index (χ1n) is 2.32. The molecule has 0 bridgehead atoms. The quantitative estimate of drug-likeness (QED) is 0.332. The van der Waals surface area contributed by atoms with Crippen molar-refractivity contribution in [1.82, 2.24) is 0 Å². The first kappa shape index (κ1) is 8.28. The van der Waals surface area contributed by atoms with Crippen LogP contribution in [-0.4, -0.2) is 0 Å². The largest absolute Gasteiger partial charge is 0.393 e. The highest BCUT2D eigenvalue weighted by molar-refractivity contribution is 6.07. The Morgan fingerprint density at radius 1 is 1.78 bits per heavy atom. The summed E-state index contributed by atoms with van der Waals surface area (Å²) in [6.45, 7) is 1.66. The molecule has 50 valence electrons. The highest BCUT2D eigenvalue weighted by Crippen LogP contribution is 1.95. The lowest BCUT2D eigenvalue weighted by atomic mass is 10.5. The van der Waals surface area contributed by atoms with E-state index in [-0.39, 0.29) is 0 Å². The molecule has 0 aromatic carbocycles. The Morgan fingerprint density at radius 3 is 2.89 bits per heavy atom. The van der Waals surface area contributed by atoms with E-state index in [1.807, 2.05) is 0 Å². The number of halogens is 2. The lowest BCUT2D eigenvalue weighted by Gasteiger charge is -1.77. The standard InChI is InChI=1S/C6H6ClFO/c1-2-3-6(8)4-5-9-7/h2,4-5H,1H3. The summed E-state index contributed by atoms with van der Waals surface area (Å²) < 4.78 is 16.1. The van der Waals surface area contributed by atoms with Gasteiger partial charge in [-0.05, 0) is 13.0 Å². The molecule has 3 heteroatoms. The molecular formula is C6H6ClFO. The Bertz CT molecular complexity index is 156. The van der Waals surface area contributed by atoms with E-state index >= 15 is 0 Å². The van der Waals surface area contributed by atoms with Crippen molar-refractivity contribution in [2.24, 2.45) is 0 Å². The van der Waals surface area contributed by atoms with Crippen molar-refractivity contribution in [1.29, 1.82) is 0 Å². The summed E-state index contributed by atoms with van der Waals surface area (Å²) in [5.41, 5.74) is 2.28. The van der Waals surface area contributed by atoms with Gasteiger partial charge in [-0.1, -0.05) is 5.73 Å². The summed E-state index contributed by atoms with van der Waals surface area (Å²) in [7, 11) is 0. The molecule has 0 heterocycles. The van der Waals surface area contributed by atoms with Gasteiger partial charge in [0.25, 0.3) is 0 Å². The SMILES string of the molecule is CC=C=C(F)C=COCl. The van der Waals surface area contributed by atoms with Gasteiger partial charge in [0.15, 0.2) is 5.83 Å². The molecule has 0 saturated heterocycles. The predicted octanol–water partition coefficient (Wildman–Crippen LogP) is 2.70. The Kier molecular flexibility index (Phi) is 4.98. The molecule has 9 heavy (non-hydrogen) atoms. The highest BCUT2D eigenvalue weighted by Gasteiger charge is 1.79. The second-order valence-corrected chi connectivity index (χ2v) is 1.35. The molecule has 0 aliphatic carbocycles. The molecule has 0 saturated carbocycles. The summed E-state index contributed by atoms with van der Waals surface area (Å²) in [4.78, 5) is 0. The molecule has 0 N–H and O–H groups in total. The van der Waals surface area contributed by atoms with Gasteiger partial charge in [-0.25, -0.2) is 0 Å². The van der Waals surface area contributed by atoms with E-state index in [2.05, 4.69) is 10.0 Å². The van der Waals surface area contributed by atoms with Crippen LogP contribution in [0.5, 0.6) is 0 Å². The fourth-order valence-corrected chi connectivity index (χ4v) is 0.323. The number of allylic oxidation sites excluding steroid dienone is 2. The molecule has 0 aliphatic rings. The van der Waals surface area contributed by atoms with Crippen LogP contribution in [0.4, 0.5) is 4.39 Å². The van der Waals surface area contributed by atoms with Crippen molar-refractivity contribution >= 4 is 11.9 Å². The van der Waals surface area contributed by atoms with Crippen molar-refractivity contribution in [2.75, 3.05) is 0 Å². The van der Waals surface area contributed by atoms with Gasteiger partial charge in [0, 0.05) is 6.08 Å². The Morgan fingerprint density at radius 2 is 2.44 bits per heavy atom. The first-order chi connectivity index (χ1) is 4.31. The smallest absolute Gasteiger partial charge is 0.168 e. The van der Waals surface area contributed by atoms with E-state index in [1.54, 1.807) is 6.92 Å². The second-order valence-electron chi connectivity index (χ2n) is 1.17. The summed E-state index contributed by atoms with van der Waals surface area (Å²) in [6.07, 6.45) is 3.54. The van der Waals surface area contributed by atoms with Crippen molar-refractivity contribution in [3.8, 4) is 0 Å². The van der Waals surface area contributed by atoms with Gasteiger partial charge in [0.1, 0.15) is 18.1 Å². The van der Waals surface area contributed by atoms with Gasteiger partial charge in [0.05, 0.1) is 0 Å². The minimum Gasteiger partial charge on any atom is -0.393 e. The molecule has 0 unspecified atom stereocenters. The minimum atomic E-state index is -0.516. The van der Waals surface area contributed by atoms with E-state index in [0.29, 0.717) is 0 Å². The maximum Gasteiger partial charge on any atom is 0.168 e. The zero-order valence-corrected chi connectivity index (χ0v) is 5.65.